The first-order valence-electron chi connectivity index (χ1n) is 7.55. The highest BCUT2D eigenvalue weighted by atomic mass is 19.1. The largest absolute Gasteiger partial charge is 0.381 e. The third kappa shape index (κ3) is 2.94. The van der Waals surface area contributed by atoms with E-state index in [4.69, 9.17) is 4.74 Å². The number of benzene rings is 1. The van der Waals surface area contributed by atoms with Gasteiger partial charge in [0.2, 0.25) is 5.91 Å². The Balaban J connectivity index is 1.81. The summed E-state index contributed by atoms with van der Waals surface area (Å²) < 4.78 is 19.4. The summed E-state index contributed by atoms with van der Waals surface area (Å²) in [6, 6.07) is 6.39. The Morgan fingerprint density at radius 2 is 2.05 bits per heavy atom. The van der Waals surface area contributed by atoms with Gasteiger partial charge in [-0.2, -0.15) is 0 Å². The molecule has 2 fully saturated rings. The van der Waals surface area contributed by atoms with Gasteiger partial charge in [0.25, 0.3) is 0 Å². The highest BCUT2D eigenvalue weighted by Gasteiger charge is 2.39. The number of nitrogens with zero attached hydrogens (tertiary/aromatic N) is 1. The first kappa shape index (κ1) is 14.5. The second kappa shape index (κ2) is 6.12. The molecule has 1 N–H and O–H groups in total. The van der Waals surface area contributed by atoms with E-state index in [1.54, 1.807) is 23.1 Å². The molecule has 2 saturated heterocycles. The third-order valence-electron chi connectivity index (χ3n) is 4.37. The van der Waals surface area contributed by atoms with Crippen LogP contribution in [0.1, 0.15) is 31.5 Å². The molecule has 1 aromatic carbocycles. The van der Waals surface area contributed by atoms with Crippen LogP contribution in [-0.4, -0.2) is 36.6 Å². The molecule has 1 aromatic rings. The van der Waals surface area contributed by atoms with Crippen molar-refractivity contribution in [1.82, 2.24) is 10.2 Å². The molecule has 2 unspecified atom stereocenters. The van der Waals surface area contributed by atoms with Crippen molar-refractivity contribution in [2.75, 3.05) is 19.8 Å². The van der Waals surface area contributed by atoms with Crippen LogP contribution in [0.15, 0.2) is 24.3 Å². The average molecular weight is 292 g/mol. The van der Waals surface area contributed by atoms with Crippen molar-refractivity contribution >= 4 is 5.91 Å². The Labute approximate surface area is 124 Å². The molecule has 5 heteroatoms. The van der Waals surface area contributed by atoms with E-state index < -0.39 is 0 Å². The average Bonchev–Trinajstić information content (AvgIpc) is 2.77. The number of carbonyl (C=O) groups excluding carboxylic acids is 1. The van der Waals surface area contributed by atoms with Crippen molar-refractivity contribution in [3.63, 3.8) is 0 Å². The number of amides is 1. The van der Waals surface area contributed by atoms with E-state index in [-0.39, 0.29) is 23.9 Å². The molecular weight excluding hydrogens is 271 g/mol. The maximum atomic E-state index is 14.0. The monoisotopic (exact) mass is 292 g/mol. The molecule has 0 radical (unpaired) electrons. The predicted octanol–water partition coefficient (Wildman–Crippen LogP) is 2.07. The van der Waals surface area contributed by atoms with Crippen LogP contribution in [0.4, 0.5) is 4.39 Å². The van der Waals surface area contributed by atoms with E-state index in [2.05, 4.69) is 5.32 Å². The van der Waals surface area contributed by atoms with Gasteiger partial charge in [-0.15, -0.1) is 0 Å². The van der Waals surface area contributed by atoms with Crippen LogP contribution in [0.3, 0.4) is 0 Å². The quantitative estimate of drug-likeness (QED) is 0.927. The smallest absolute Gasteiger partial charge is 0.241 e. The van der Waals surface area contributed by atoms with Crippen LogP contribution in [-0.2, 0) is 9.53 Å². The summed E-state index contributed by atoms with van der Waals surface area (Å²) in [5, 5.41) is 3.21. The standard InChI is InChI=1S/C16H21FN2O2/c1-11-16(20)19(10-12-6-8-21-9-7-12)15(18-11)13-4-2-3-5-14(13)17/h2-5,11-12,15,18H,6-10H2,1H3. The molecule has 2 aliphatic rings. The number of hydrogen-bond acceptors (Lipinski definition) is 3. The highest BCUT2D eigenvalue weighted by Crippen LogP contribution is 2.29. The lowest BCUT2D eigenvalue weighted by molar-refractivity contribution is -0.131. The zero-order valence-corrected chi connectivity index (χ0v) is 12.2. The Morgan fingerprint density at radius 3 is 2.76 bits per heavy atom. The minimum Gasteiger partial charge on any atom is -0.381 e. The first-order valence-corrected chi connectivity index (χ1v) is 7.55. The number of ether oxygens (including phenoxy) is 1. The number of nitrogens with one attached hydrogen (secondary N) is 1. The van der Waals surface area contributed by atoms with E-state index in [9.17, 15) is 9.18 Å². The Hall–Kier alpha value is -1.46. The van der Waals surface area contributed by atoms with Crippen LogP contribution >= 0.6 is 0 Å². The zero-order valence-electron chi connectivity index (χ0n) is 12.2. The van der Waals surface area contributed by atoms with Gasteiger partial charge >= 0.3 is 0 Å². The zero-order chi connectivity index (χ0) is 14.8. The Bertz CT molecular complexity index is 517. The molecule has 2 aliphatic heterocycles. The lowest BCUT2D eigenvalue weighted by atomic mass is 9.99. The van der Waals surface area contributed by atoms with Crippen molar-refractivity contribution in [1.29, 1.82) is 0 Å². The Kier molecular flexibility index (Phi) is 4.22. The van der Waals surface area contributed by atoms with Gasteiger partial charge in [0, 0.05) is 25.3 Å². The number of hydrogen-bond donors (Lipinski definition) is 1. The van der Waals surface area contributed by atoms with Crippen LogP contribution in [0.25, 0.3) is 0 Å². The van der Waals surface area contributed by atoms with E-state index >= 15 is 0 Å². The van der Waals surface area contributed by atoms with Crippen molar-refractivity contribution in [3.8, 4) is 0 Å². The molecule has 114 valence electrons. The van der Waals surface area contributed by atoms with Gasteiger partial charge < -0.3 is 9.64 Å². The summed E-state index contributed by atoms with van der Waals surface area (Å²) in [4.78, 5) is 14.2. The lowest BCUT2D eigenvalue weighted by Gasteiger charge is -2.31. The minimum atomic E-state index is -0.364. The molecule has 1 amide bonds. The fourth-order valence-corrected chi connectivity index (χ4v) is 3.13. The summed E-state index contributed by atoms with van der Waals surface area (Å²) in [7, 11) is 0. The predicted molar refractivity (Wildman–Crippen MR) is 77.0 cm³/mol. The first-order chi connectivity index (χ1) is 10.2. The molecule has 0 saturated carbocycles. The van der Waals surface area contributed by atoms with Gasteiger partial charge in [0.1, 0.15) is 12.0 Å². The van der Waals surface area contributed by atoms with Crippen LogP contribution in [0.2, 0.25) is 0 Å². The molecule has 2 heterocycles. The summed E-state index contributed by atoms with van der Waals surface area (Å²) in [6.07, 6.45) is 1.56. The normalized spacial score (nSPS) is 27.3. The number of carbonyl (C=O) groups is 1. The summed E-state index contributed by atoms with van der Waals surface area (Å²) in [5.74, 6) is 0.215. The maximum absolute atomic E-state index is 14.0. The van der Waals surface area contributed by atoms with Gasteiger partial charge in [0.05, 0.1) is 6.04 Å². The Morgan fingerprint density at radius 1 is 1.33 bits per heavy atom. The van der Waals surface area contributed by atoms with E-state index in [0.717, 1.165) is 26.1 Å². The molecule has 4 nitrogen and oxygen atoms in total. The lowest BCUT2D eigenvalue weighted by Crippen LogP contribution is -2.37. The molecule has 2 atom stereocenters. The highest BCUT2D eigenvalue weighted by molar-refractivity contribution is 5.84. The second-order valence-electron chi connectivity index (χ2n) is 5.86. The SMILES string of the molecule is CC1NC(c2ccccc2F)N(CC2CCOCC2)C1=O. The van der Waals surface area contributed by atoms with Crippen LogP contribution < -0.4 is 5.32 Å². The molecule has 0 bridgehead atoms. The van der Waals surface area contributed by atoms with Crippen LogP contribution in [0, 0.1) is 11.7 Å². The van der Waals surface area contributed by atoms with Gasteiger partial charge in [0.15, 0.2) is 0 Å². The fraction of sp³-hybridized carbons (Fsp3) is 0.562. The summed E-state index contributed by atoms with van der Waals surface area (Å²) >= 11 is 0. The molecule has 21 heavy (non-hydrogen) atoms. The number of rotatable bonds is 3. The topological polar surface area (TPSA) is 41.6 Å². The van der Waals surface area contributed by atoms with Gasteiger partial charge in [-0.05, 0) is 31.7 Å². The van der Waals surface area contributed by atoms with Gasteiger partial charge in [-0.25, -0.2) is 4.39 Å². The third-order valence-corrected chi connectivity index (χ3v) is 4.37. The minimum absolute atomic E-state index is 0.0507. The molecule has 0 aliphatic carbocycles. The molecule has 0 spiro atoms. The maximum Gasteiger partial charge on any atom is 0.241 e. The van der Waals surface area contributed by atoms with Crippen molar-refractivity contribution in [2.45, 2.75) is 32.0 Å². The summed E-state index contributed by atoms with van der Waals surface area (Å²) in [6.45, 7) is 4.00. The number of halogens is 1. The summed E-state index contributed by atoms with van der Waals surface area (Å²) in [5.41, 5.74) is 0.544. The van der Waals surface area contributed by atoms with Gasteiger partial charge in [-0.1, -0.05) is 18.2 Å². The molecular formula is C16H21FN2O2. The van der Waals surface area contributed by atoms with E-state index in [1.807, 2.05) is 6.92 Å². The molecule has 3 rings (SSSR count). The van der Waals surface area contributed by atoms with Crippen molar-refractivity contribution < 1.29 is 13.9 Å². The van der Waals surface area contributed by atoms with Crippen LogP contribution in [0.5, 0.6) is 0 Å². The second-order valence-corrected chi connectivity index (χ2v) is 5.86. The van der Waals surface area contributed by atoms with Crippen molar-refractivity contribution in [2.24, 2.45) is 5.92 Å². The van der Waals surface area contributed by atoms with E-state index in [1.165, 1.54) is 6.07 Å². The van der Waals surface area contributed by atoms with Gasteiger partial charge in [-0.3, -0.25) is 10.1 Å². The fourth-order valence-electron chi connectivity index (χ4n) is 3.13. The van der Waals surface area contributed by atoms with E-state index in [0.29, 0.717) is 18.0 Å². The van der Waals surface area contributed by atoms with Crippen molar-refractivity contribution in [3.05, 3.63) is 35.6 Å². The molecule has 0 aromatic heterocycles.